The van der Waals surface area contributed by atoms with Crippen LogP contribution in [0.1, 0.15) is 62.6 Å². The van der Waals surface area contributed by atoms with E-state index < -0.39 is 0 Å². The maximum absolute atomic E-state index is 3.67. The standard InChI is InChI=1S/C17H27N/c1-3-18-17(13-15-7-5-4-6-8-15)16-11-9-14(2)10-12-16/h9-12,15,17-18H,3-8,13H2,1-2H3. The first kappa shape index (κ1) is 13.6. The van der Waals surface area contributed by atoms with E-state index in [9.17, 15) is 0 Å². The monoisotopic (exact) mass is 245 g/mol. The summed E-state index contributed by atoms with van der Waals surface area (Å²) in [7, 11) is 0. The second-order valence-corrected chi connectivity index (χ2v) is 5.76. The smallest absolute Gasteiger partial charge is 0.0322 e. The van der Waals surface area contributed by atoms with Crippen LogP contribution in [0.3, 0.4) is 0 Å². The number of rotatable bonds is 5. The van der Waals surface area contributed by atoms with Crippen LogP contribution in [0.5, 0.6) is 0 Å². The van der Waals surface area contributed by atoms with Gasteiger partial charge < -0.3 is 5.32 Å². The van der Waals surface area contributed by atoms with Gasteiger partial charge in [0.2, 0.25) is 0 Å². The van der Waals surface area contributed by atoms with E-state index >= 15 is 0 Å². The van der Waals surface area contributed by atoms with Crippen LogP contribution >= 0.6 is 0 Å². The first-order chi connectivity index (χ1) is 8.79. The van der Waals surface area contributed by atoms with Gasteiger partial charge in [-0.3, -0.25) is 0 Å². The summed E-state index contributed by atoms with van der Waals surface area (Å²) in [6.07, 6.45) is 8.53. The van der Waals surface area contributed by atoms with E-state index in [4.69, 9.17) is 0 Å². The lowest BCUT2D eigenvalue weighted by Gasteiger charge is -2.27. The molecule has 0 aromatic heterocycles. The molecule has 18 heavy (non-hydrogen) atoms. The van der Waals surface area contributed by atoms with Gasteiger partial charge in [-0.1, -0.05) is 68.9 Å². The van der Waals surface area contributed by atoms with Crippen molar-refractivity contribution in [1.29, 1.82) is 0 Å². The Balaban J connectivity index is 2.00. The summed E-state index contributed by atoms with van der Waals surface area (Å²) in [5, 5.41) is 3.67. The highest BCUT2D eigenvalue weighted by molar-refractivity contribution is 5.24. The van der Waals surface area contributed by atoms with Crippen molar-refractivity contribution in [2.24, 2.45) is 5.92 Å². The lowest BCUT2D eigenvalue weighted by atomic mass is 9.83. The fraction of sp³-hybridized carbons (Fsp3) is 0.647. The van der Waals surface area contributed by atoms with Gasteiger partial charge in [-0.2, -0.15) is 0 Å². The van der Waals surface area contributed by atoms with Crippen LogP contribution in [0.4, 0.5) is 0 Å². The molecule has 2 rings (SSSR count). The SMILES string of the molecule is CCNC(CC1CCCCC1)c1ccc(C)cc1. The number of benzene rings is 1. The van der Waals surface area contributed by atoms with Crippen LogP contribution in [-0.2, 0) is 0 Å². The molecule has 1 aromatic rings. The lowest BCUT2D eigenvalue weighted by Crippen LogP contribution is -2.24. The van der Waals surface area contributed by atoms with Gasteiger partial charge in [0.1, 0.15) is 0 Å². The van der Waals surface area contributed by atoms with Crippen molar-refractivity contribution >= 4 is 0 Å². The van der Waals surface area contributed by atoms with Crippen LogP contribution in [0, 0.1) is 12.8 Å². The van der Waals surface area contributed by atoms with E-state index in [1.54, 1.807) is 0 Å². The molecule has 0 aliphatic heterocycles. The zero-order valence-electron chi connectivity index (χ0n) is 11.9. The summed E-state index contributed by atoms with van der Waals surface area (Å²) >= 11 is 0. The Labute approximate surface area is 112 Å². The van der Waals surface area contributed by atoms with Crippen molar-refractivity contribution in [3.05, 3.63) is 35.4 Å². The molecule has 1 aliphatic carbocycles. The average molecular weight is 245 g/mol. The minimum absolute atomic E-state index is 0.554. The van der Waals surface area contributed by atoms with Crippen LogP contribution in [0.25, 0.3) is 0 Å². The van der Waals surface area contributed by atoms with Gasteiger partial charge in [0.15, 0.2) is 0 Å². The summed E-state index contributed by atoms with van der Waals surface area (Å²) < 4.78 is 0. The molecular weight excluding hydrogens is 218 g/mol. The maximum atomic E-state index is 3.67. The van der Waals surface area contributed by atoms with Gasteiger partial charge in [-0.05, 0) is 31.4 Å². The predicted molar refractivity (Wildman–Crippen MR) is 78.8 cm³/mol. The summed E-state index contributed by atoms with van der Waals surface area (Å²) in [6.45, 7) is 5.43. The highest BCUT2D eigenvalue weighted by Crippen LogP contribution is 2.31. The van der Waals surface area contributed by atoms with Crippen LogP contribution < -0.4 is 5.32 Å². The molecule has 1 nitrogen and oxygen atoms in total. The molecule has 1 aromatic carbocycles. The molecule has 0 radical (unpaired) electrons. The van der Waals surface area contributed by atoms with Crippen molar-refractivity contribution in [2.45, 2.75) is 58.4 Å². The quantitative estimate of drug-likeness (QED) is 0.798. The van der Waals surface area contributed by atoms with E-state index in [-0.39, 0.29) is 0 Å². The fourth-order valence-corrected chi connectivity index (χ4v) is 3.14. The Morgan fingerprint density at radius 2 is 1.78 bits per heavy atom. The molecular formula is C17H27N. The Morgan fingerprint density at radius 3 is 2.39 bits per heavy atom. The molecule has 1 heteroatoms. The molecule has 0 saturated heterocycles. The highest BCUT2D eigenvalue weighted by atomic mass is 14.9. The van der Waals surface area contributed by atoms with Gasteiger partial charge in [0.25, 0.3) is 0 Å². The summed E-state index contributed by atoms with van der Waals surface area (Å²) in [5.74, 6) is 0.934. The predicted octanol–water partition coefficient (Wildman–Crippen LogP) is 4.62. The number of hydrogen-bond acceptors (Lipinski definition) is 1. The fourth-order valence-electron chi connectivity index (χ4n) is 3.14. The van der Waals surface area contributed by atoms with E-state index in [2.05, 4.69) is 43.4 Å². The molecule has 0 bridgehead atoms. The Kier molecular flexibility index (Phi) is 5.25. The minimum atomic E-state index is 0.554. The Bertz CT molecular complexity index is 335. The highest BCUT2D eigenvalue weighted by Gasteiger charge is 2.19. The summed E-state index contributed by atoms with van der Waals surface area (Å²) in [6, 6.07) is 9.62. The van der Waals surface area contributed by atoms with E-state index in [1.165, 1.54) is 49.7 Å². The molecule has 1 atom stereocenters. The largest absolute Gasteiger partial charge is 0.310 e. The van der Waals surface area contributed by atoms with E-state index in [1.807, 2.05) is 0 Å². The lowest BCUT2D eigenvalue weighted by molar-refractivity contribution is 0.301. The zero-order chi connectivity index (χ0) is 12.8. The third-order valence-corrected chi connectivity index (χ3v) is 4.22. The maximum Gasteiger partial charge on any atom is 0.0322 e. The average Bonchev–Trinajstić information content (AvgIpc) is 2.40. The van der Waals surface area contributed by atoms with Crippen molar-refractivity contribution in [2.75, 3.05) is 6.54 Å². The molecule has 1 aliphatic rings. The molecule has 1 fully saturated rings. The third kappa shape index (κ3) is 3.84. The molecule has 0 amide bonds. The zero-order valence-corrected chi connectivity index (χ0v) is 11.9. The van der Waals surface area contributed by atoms with Gasteiger partial charge in [0.05, 0.1) is 0 Å². The van der Waals surface area contributed by atoms with Crippen molar-refractivity contribution in [1.82, 2.24) is 5.32 Å². The molecule has 0 spiro atoms. The molecule has 1 saturated carbocycles. The third-order valence-electron chi connectivity index (χ3n) is 4.22. The molecule has 100 valence electrons. The van der Waals surface area contributed by atoms with Gasteiger partial charge in [-0.25, -0.2) is 0 Å². The first-order valence-corrected chi connectivity index (χ1v) is 7.59. The van der Waals surface area contributed by atoms with E-state index in [0.717, 1.165) is 12.5 Å². The number of hydrogen-bond donors (Lipinski definition) is 1. The second kappa shape index (κ2) is 6.94. The number of nitrogens with one attached hydrogen (secondary N) is 1. The van der Waals surface area contributed by atoms with Gasteiger partial charge in [0, 0.05) is 6.04 Å². The van der Waals surface area contributed by atoms with Crippen LogP contribution in [0.2, 0.25) is 0 Å². The molecule has 1 unspecified atom stereocenters. The van der Waals surface area contributed by atoms with Crippen LogP contribution in [-0.4, -0.2) is 6.54 Å². The molecule has 0 heterocycles. The second-order valence-electron chi connectivity index (χ2n) is 5.76. The van der Waals surface area contributed by atoms with Crippen molar-refractivity contribution in [3.63, 3.8) is 0 Å². The topological polar surface area (TPSA) is 12.0 Å². The minimum Gasteiger partial charge on any atom is -0.310 e. The first-order valence-electron chi connectivity index (χ1n) is 7.59. The molecule has 1 N–H and O–H groups in total. The van der Waals surface area contributed by atoms with Crippen molar-refractivity contribution < 1.29 is 0 Å². The Morgan fingerprint density at radius 1 is 1.11 bits per heavy atom. The summed E-state index contributed by atoms with van der Waals surface area (Å²) in [4.78, 5) is 0. The normalized spacial score (nSPS) is 18.8. The van der Waals surface area contributed by atoms with E-state index in [0.29, 0.717) is 6.04 Å². The summed E-state index contributed by atoms with van der Waals surface area (Å²) in [5.41, 5.74) is 2.82. The number of aryl methyl sites for hydroxylation is 1. The van der Waals surface area contributed by atoms with Crippen molar-refractivity contribution in [3.8, 4) is 0 Å². The van der Waals surface area contributed by atoms with Gasteiger partial charge >= 0.3 is 0 Å². The van der Waals surface area contributed by atoms with Crippen LogP contribution in [0.15, 0.2) is 24.3 Å². The van der Waals surface area contributed by atoms with Gasteiger partial charge in [-0.15, -0.1) is 0 Å². The Hall–Kier alpha value is -0.820.